The lowest BCUT2D eigenvalue weighted by atomic mass is 10.1. The van der Waals surface area contributed by atoms with Crippen molar-refractivity contribution in [3.05, 3.63) is 35.0 Å². The minimum Gasteiger partial charge on any atom is -0.496 e. The standard InChI is InChI=1S/C15H17ClN2O3/c1-4-18-13(9-12(17-18)15(19)21-5-2)11-7-6-10(16)8-14(11)20-3/h6-9H,4-5H2,1-3H3. The maximum absolute atomic E-state index is 11.8. The van der Waals surface area contributed by atoms with Crippen molar-refractivity contribution < 1.29 is 14.3 Å². The summed E-state index contributed by atoms with van der Waals surface area (Å²) in [5.41, 5.74) is 1.89. The number of hydrogen-bond donors (Lipinski definition) is 0. The van der Waals surface area contributed by atoms with Crippen LogP contribution in [0.2, 0.25) is 5.02 Å². The quantitative estimate of drug-likeness (QED) is 0.794. The largest absolute Gasteiger partial charge is 0.496 e. The van der Waals surface area contributed by atoms with Crippen molar-refractivity contribution in [3.63, 3.8) is 0 Å². The van der Waals surface area contributed by atoms with Gasteiger partial charge in [0, 0.05) is 17.1 Å². The fourth-order valence-electron chi connectivity index (χ4n) is 2.06. The number of carbonyl (C=O) groups excluding carboxylic acids is 1. The van der Waals surface area contributed by atoms with Crippen molar-refractivity contribution in [2.24, 2.45) is 0 Å². The molecule has 0 spiro atoms. The van der Waals surface area contributed by atoms with Crippen molar-refractivity contribution in [1.29, 1.82) is 0 Å². The SMILES string of the molecule is CCOC(=O)c1cc(-c2ccc(Cl)cc2OC)n(CC)n1. The first-order valence-electron chi connectivity index (χ1n) is 6.69. The molecular weight excluding hydrogens is 292 g/mol. The van der Waals surface area contributed by atoms with E-state index in [0.29, 0.717) is 23.9 Å². The van der Waals surface area contributed by atoms with E-state index in [0.717, 1.165) is 11.3 Å². The molecule has 0 aliphatic rings. The lowest BCUT2D eigenvalue weighted by Gasteiger charge is -2.10. The fraction of sp³-hybridized carbons (Fsp3) is 0.333. The summed E-state index contributed by atoms with van der Waals surface area (Å²) in [7, 11) is 1.58. The molecule has 1 heterocycles. The van der Waals surface area contributed by atoms with Gasteiger partial charge in [-0.3, -0.25) is 4.68 Å². The number of nitrogens with zero attached hydrogens (tertiary/aromatic N) is 2. The van der Waals surface area contributed by atoms with E-state index in [1.54, 1.807) is 36.9 Å². The average molecular weight is 309 g/mol. The molecule has 0 atom stereocenters. The topological polar surface area (TPSA) is 53.4 Å². The molecule has 0 amide bonds. The maximum Gasteiger partial charge on any atom is 0.358 e. The normalized spacial score (nSPS) is 10.5. The van der Waals surface area contributed by atoms with Crippen molar-refractivity contribution in [2.75, 3.05) is 13.7 Å². The predicted octanol–water partition coefficient (Wildman–Crippen LogP) is 3.41. The molecule has 0 aliphatic carbocycles. The summed E-state index contributed by atoms with van der Waals surface area (Å²) in [5.74, 6) is 0.200. The van der Waals surface area contributed by atoms with E-state index < -0.39 is 5.97 Å². The van der Waals surface area contributed by atoms with E-state index in [-0.39, 0.29) is 5.69 Å². The summed E-state index contributed by atoms with van der Waals surface area (Å²) in [6.07, 6.45) is 0. The molecule has 0 N–H and O–H groups in total. The first kappa shape index (κ1) is 15.4. The van der Waals surface area contributed by atoms with E-state index in [9.17, 15) is 4.79 Å². The van der Waals surface area contributed by atoms with E-state index in [2.05, 4.69) is 5.10 Å². The highest BCUT2D eigenvalue weighted by Crippen LogP contribution is 2.33. The molecule has 0 aliphatic heterocycles. The van der Waals surface area contributed by atoms with Crippen molar-refractivity contribution >= 4 is 17.6 Å². The molecule has 6 heteroatoms. The molecule has 1 aromatic carbocycles. The molecular formula is C15H17ClN2O3. The van der Waals surface area contributed by atoms with E-state index in [1.807, 2.05) is 13.0 Å². The third-order valence-electron chi connectivity index (χ3n) is 3.00. The van der Waals surface area contributed by atoms with Crippen molar-refractivity contribution in [1.82, 2.24) is 9.78 Å². The van der Waals surface area contributed by atoms with Gasteiger partial charge >= 0.3 is 5.97 Å². The van der Waals surface area contributed by atoms with Crippen molar-refractivity contribution in [2.45, 2.75) is 20.4 Å². The van der Waals surface area contributed by atoms with Crippen LogP contribution in [-0.4, -0.2) is 29.5 Å². The predicted molar refractivity (Wildman–Crippen MR) is 80.9 cm³/mol. The number of benzene rings is 1. The van der Waals surface area contributed by atoms with Crippen LogP contribution in [0, 0.1) is 0 Å². The average Bonchev–Trinajstić information content (AvgIpc) is 2.91. The van der Waals surface area contributed by atoms with Crippen LogP contribution in [0.15, 0.2) is 24.3 Å². The van der Waals surface area contributed by atoms with Gasteiger partial charge in [0.2, 0.25) is 0 Å². The summed E-state index contributed by atoms with van der Waals surface area (Å²) < 4.78 is 12.1. The maximum atomic E-state index is 11.8. The first-order valence-corrected chi connectivity index (χ1v) is 7.07. The second-order valence-corrected chi connectivity index (χ2v) is 4.73. The highest BCUT2D eigenvalue weighted by Gasteiger charge is 2.18. The molecule has 5 nitrogen and oxygen atoms in total. The second-order valence-electron chi connectivity index (χ2n) is 4.30. The molecule has 2 aromatic rings. The number of aromatic nitrogens is 2. The monoisotopic (exact) mass is 308 g/mol. The van der Waals surface area contributed by atoms with Crippen LogP contribution >= 0.6 is 11.6 Å². The summed E-state index contributed by atoms with van der Waals surface area (Å²) >= 11 is 5.98. The Morgan fingerprint density at radius 3 is 2.71 bits per heavy atom. The van der Waals surface area contributed by atoms with E-state index in [1.165, 1.54) is 0 Å². The molecule has 0 saturated heterocycles. The molecule has 0 radical (unpaired) electrons. The number of methoxy groups -OCH3 is 1. The lowest BCUT2D eigenvalue weighted by molar-refractivity contribution is 0.0518. The first-order chi connectivity index (χ1) is 10.1. The minimum atomic E-state index is -0.432. The van der Waals surface area contributed by atoms with Gasteiger partial charge in [0.25, 0.3) is 0 Å². The fourth-order valence-corrected chi connectivity index (χ4v) is 2.22. The molecule has 2 rings (SSSR count). The zero-order valence-electron chi connectivity index (χ0n) is 12.2. The zero-order chi connectivity index (χ0) is 15.4. The molecule has 0 unspecified atom stereocenters. The van der Waals surface area contributed by atoms with Gasteiger partial charge in [0.1, 0.15) is 5.75 Å². The van der Waals surface area contributed by atoms with Crippen LogP contribution < -0.4 is 4.74 Å². The molecule has 1 aromatic heterocycles. The molecule has 112 valence electrons. The Hall–Kier alpha value is -2.01. The van der Waals surface area contributed by atoms with Gasteiger partial charge in [0.15, 0.2) is 5.69 Å². The Bertz CT molecular complexity index is 652. The van der Waals surface area contributed by atoms with Crippen LogP contribution in [0.1, 0.15) is 24.3 Å². The Balaban J connectivity index is 2.50. The summed E-state index contributed by atoms with van der Waals surface area (Å²) in [5, 5.41) is 4.86. The third-order valence-corrected chi connectivity index (χ3v) is 3.24. The van der Waals surface area contributed by atoms with Crippen LogP contribution in [-0.2, 0) is 11.3 Å². The van der Waals surface area contributed by atoms with Crippen LogP contribution in [0.3, 0.4) is 0 Å². The second kappa shape index (κ2) is 6.63. The van der Waals surface area contributed by atoms with Gasteiger partial charge in [-0.25, -0.2) is 4.79 Å². The summed E-state index contributed by atoms with van der Waals surface area (Å²) in [4.78, 5) is 11.8. The van der Waals surface area contributed by atoms with Gasteiger partial charge in [-0.2, -0.15) is 5.10 Å². The Morgan fingerprint density at radius 1 is 1.33 bits per heavy atom. The Labute approximate surface area is 128 Å². The van der Waals surface area contributed by atoms with E-state index in [4.69, 9.17) is 21.1 Å². The lowest BCUT2D eigenvalue weighted by Crippen LogP contribution is -2.07. The number of esters is 1. The Morgan fingerprint density at radius 2 is 2.10 bits per heavy atom. The summed E-state index contributed by atoms with van der Waals surface area (Å²) in [6.45, 7) is 4.66. The van der Waals surface area contributed by atoms with Crippen molar-refractivity contribution in [3.8, 4) is 17.0 Å². The molecule has 0 fully saturated rings. The van der Waals surface area contributed by atoms with Crippen LogP contribution in [0.25, 0.3) is 11.3 Å². The number of hydrogen-bond acceptors (Lipinski definition) is 4. The van der Waals surface area contributed by atoms with Crippen LogP contribution in [0.4, 0.5) is 0 Å². The highest BCUT2D eigenvalue weighted by atomic mass is 35.5. The molecule has 0 saturated carbocycles. The van der Waals surface area contributed by atoms with Gasteiger partial charge in [0.05, 0.1) is 19.4 Å². The summed E-state index contributed by atoms with van der Waals surface area (Å²) in [6, 6.07) is 7.05. The Kier molecular flexibility index (Phi) is 4.85. The smallest absolute Gasteiger partial charge is 0.358 e. The minimum absolute atomic E-state index is 0.283. The number of rotatable bonds is 5. The van der Waals surface area contributed by atoms with Gasteiger partial charge in [-0.15, -0.1) is 0 Å². The number of halogens is 1. The van der Waals surface area contributed by atoms with Gasteiger partial charge < -0.3 is 9.47 Å². The highest BCUT2D eigenvalue weighted by molar-refractivity contribution is 6.30. The molecule has 0 bridgehead atoms. The number of ether oxygens (including phenoxy) is 2. The molecule has 21 heavy (non-hydrogen) atoms. The zero-order valence-corrected chi connectivity index (χ0v) is 13.0. The van der Waals surface area contributed by atoms with Crippen LogP contribution in [0.5, 0.6) is 5.75 Å². The van der Waals surface area contributed by atoms with Gasteiger partial charge in [-0.1, -0.05) is 11.6 Å². The number of carbonyl (C=O) groups is 1. The van der Waals surface area contributed by atoms with Gasteiger partial charge in [-0.05, 0) is 38.1 Å². The number of aryl methyl sites for hydroxylation is 1. The third kappa shape index (κ3) is 3.19. The van der Waals surface area contributed by atoms with E-state index >= 15 is 0 Å².